The Hall–Kier alpha value is -1.49. The average Bonchev–Trinajstić information content (AvgIpc) is 2.13. The van der Waals surface area contributed by atoms with Crippen LogP contribution in [0.5, 0.6) is 0 Å². The van der Waals surface area contributed by atoms with Gasteiger partial charge in [0.1, 0.15) is 11.8 Å². The topological polar surface area (TPSA) is 104 Å². The number of aliphatic carboxylic acids is 1. The quantitative estimate of drug-likeness (QED) is 0.561. The maximum absolute atomic E-state index is 10.5. The van der Waals surface area contributed by atoms with Crippen LogP contribution in [0.25, 0.3) is 0 Å². The zero-order valence-electron chi connectivity index (χ0n) is 8.47. The highest BCUT2D eigenvalue weighted by atomic mass is 16.4. The van der Waals surface area contributed by atoms with Crippen LogP contribution < -0.4 is 5.73 Å². The Kier molecular flexibility index (Phi) is 3.36. The first-order valence-electron chi connectivity index (χ1n) is 4.71. The fraction of sp³-hybridized carbons (Fsp3) is 0.500. The Labute approximate surface area is 87.5 Å². The molecule has 0 aromatic heterocycles. The Bertz CT molecular complexity index is 332. The van der Waals surface area contributed by atoms with Crippen LogP contribution in [-0.2, 0) is 4.79 Å². The zero-order chi connectivity index (χ0) is 11.6. The summed E-state index contributed by atoms with van der Waals surface area (Å²) in [4.78, 5) is 10.5. The van der Waals surface area contributed by atoms with Gasteiger partial charge in [-0.05, 0) is 18.4 Å². The van der Waals surface area contributed by atoms with Gasteiger partial charge in [-0.3, -0.25) is 4.79 Å². The minimum atomic E-state index is -1.07. The van der Waals surface area contributed by atoms with Gasteiger partial charge in [-0.2, -0.15) is 0 Å². The predicted octanol–water partition coefficient (Wildman–Crippen LogP) is 1.08. The molecule has 1 unspecified atom stereocenters. The highest BCUT2D eigenvalue weighted by Gasteiger charge is 2.23. The van der Waals surface area contributed by atoms with E-state index in [1.165, 1.54) is 6.08 Å². The van der Waals surface area contributed by atoms with Crippen molar-refractivity contribution in [2.45, 2.75) is 25.8 Å². The molecule has 0 fully saturated rings. The van der Waals surface area contributed by atoms with E-state index in [4.69, 9.17) is 10.8 Å². The largest absolute Gasteiger partial charge is 0.508 e. The second kappa shape index (κ2) is 4.35. The van der Waals surface area contributed by atoms with Crippen LogP contribution in [0.2, 0.25) is 0 Å². The summed E-state index contributed by atoms with van der Waals surface area (Å²) in [7, 11) is 0. The SMILES string of the molecule is CC1CC(O)=C(O)C=C1C[C@@H](N)C(=O)O. The molecule has 84 valence electrons. The molecule has 1 rings (SSSR count). The lowest BCUT2D eigenvalue weighted by Gasteiger charge is -2.21. The standard InChI is InChI=1S/C10H15NO4/c1-5-2-8(12)9(13)4-6(5)3-7(11)10(14)15/h4-5,7,12-13H,2-3,11H2,1H3,(H,14,15)/t5?,7-/m1/s1. The van der Waals surface area contributed by atoms with Gasteiger partial charge in [-0.25, -0.2) is 0 Å². The van der Waals surface area contributed by atoms with Gasteiger partial charge in [-0.15, -0.1) is 0 Å². The summed E-state index contributed by atoms with van der Waals surface area (Å²) in [5.74, 6) is -1.32. The smallest absolute Gasteiger partial charge is 0.320 e. The lowest BCUT2D eigenvalue weighted by Crippen LogP contribution is -2.31. The van der Waals surface area contributed by atoms with Gasteiger partial charge in [0.05, 0.1) is 0 Å². The number of aliphatic hydroxyl groups is 2. The summed E-state index contributed by atoms with van der Waals surface area (Å²) in [5.41, 5.74) is 6.14. The van der Waals surface area contributed by atoms with E-state index in [0.29, 0.717) is 6.42 Å². The number of hydrogen-bond acceptors (Lipinski definition) is 4. The molecular formula is C10H15NO4. The van der Waals surface area contributed by atoms with Gasteiger partial charge < -0.3 is 21.1 Å². The molecule has 15 heavy (non-hydrogen) atoms. The van der Waals surface area contributed by atoms with E-state index in [9.17, 15) is 15.0 Å². The fourth-order valence-electron chi connectivity index (χ4n) is 1.53. The molecule has 0 saturated carbocycles. The molecule has 0 radical (unpaired) electrons. The molecule has 5 heteroatoms. The minimum absolute atomic E-state index is 0.00583. The second-order valence-corrected chi connectivity index (χ2v) is 3.81. The molecule has 1 aliphatic carbocycles. The monoisotopic (exact) mass is 213 g/mol. The molecule has 0 aromatic carbocycles. The Morgan fingerprint density at radius 2 is 2.27 bits per heavy atom. The average molecular weight is 213 g/mol. The molecule has 0 amide bonds. The van der Waals surface area contributed by atoms with Crippen LogP contribution >= 0.6 is 0 Å². The zero-order valence-corrected chi connectivity index (χ0v) is 8.47. The van der Waals surface area contributed by atoms with Gasteiger partial charge >= 0.3 is 5.97 Å². The van der Waals surface area contributed by atoms with Crippen molar-refractivity contribution in [2.75, 3.05) is 0 Å². The molecule has 2 atom stereocenters. The van der Waals surface area contributed by atoms with Crippen molar-refractivity contribution in [1.82, 2.24) is 0 Å². The summed E-state index contributed by atoms with van der Waals surface area (Å²) in [6.45, 7) is 1.85. The minimum Gasteiger partial charge on any atom is -0.508 e. The normalized spacial score (nSPS) is 23.6. The Morgan fingerprint density at radius 3 is 2.80 bits per heavy atom. The van der Waals surface area contributed by atoms with Crippen LogP contribution in [0.4, 0.5) is 0 Å². The number of aliphatic hydroxyl groups excluding tert-OH is 2. The van der Waals surface area contributed by atoms with Gasteiger partial charge in [-0.1, -0.05) is 12.5 Å². The van der Waals surface area contributed by atoms with E-state index in [1.54, 1.807) is 0 Å². The van der Waals surface area contributed by atoms with E-state index in [1.807, 2.05) is 6.92 Å². The van der Waals surface area contributed by atoms with Crippen LogP contribution in [0.1, 0.15) is 19.8 Å². The highest BCUT2D eigenvalue weighted by molar-refractivity contribution is 5.73. The molecular weight excluding hydrogens is 198 g/mol. The number of rotatable bonds is 3. The number of allylic oxidation sites excluding steroid dienone is 2. The van der Waals surface area contributed by atoms with Crippen molar-refractivity contribution < 1.29 is 20.1 Å². The molecule has 1 aliphatic rings. The van der Waals surface area contributed by atoms with Gasteiger partial charge in [0.2, 0.25) is 0 Å². The molecule has 5 N–H and O–H groups in total. The first-order chi connectivity index (χ1) is 6.91. The van der Waals surface area contributed by atoms with Crippen molar-refractivity contribution in [2.24, 2.45) is 11.7 Å². The third-order valence-electron chi connectivity index (χ3n) is 2.52. The van der Waals surface area contributed by atoms with Gasteiger partial charge in [0.15, 0.2) is 5.76 Å². The maximum atomic E-state index is 10.5. The number of carbonyl (C=O) groups is 1. The highest BCUT2D eigenvalue weighted by Crippen LogP contribution is 2.29. The number of carboxylic acids is 1. The summed E-state index contributed by atoms with van der Waals surface area (Å²) in [6.07, 6.45) is 1.91. The number of nitrogens with two attached hydrogens (primary N) is 1. The number of hydrogen-bond donors (Lipinski definition) is 4. The summed E-state index contributed by atoms with van der Waals surface area (Å²) in [5, 5.41) is 27.2. The second-order valence-electron chi connectivity index (χ2n) is 3.81. The van der Waals surface area contributed by atoms with E-state index in [0.717, 1.165) is 5.57 Å². The van der Waals surface area contributed by atoms with Crippen LogP contribution in [-0.4, -0.2) is 27.3 Å². The third-order valence-corrected chi connectivity index (χ3v) is 2.52. The van der Waals surface area contributed by atoms with E-state index >= 15 is 0 Å². The molecule has 0 heterocycles. The molecule has 0 aliphatic heterocycles. The maximum Gasteiger partial charge on any atom is 0.320 e. The third kappa shape index (κ3) is 2.73. The van der Waals surface area contributed by atoms with Gasteiger partial charge in [0, 0.05) is 6.42 Å². The summed E-state index contributed by atoms with van der Waals surface area (Å²) >= 11 is 0. The van der Waals surface area contributed by atoms with Crippen molar-refractivity contribution in [3.63, 3.8) is 0 Å². The van der Waals surface area contributed by atoms with Crippen LogP contribution in [0, 0.1) is 5.92 Å². The van der Waals surface area contributed by atoms with Crippen molar-refractivity contribution >= 4 is 5.97 Å². The van der Waals surface area contributed by atoms with Crippen molar-refractivity contribution in [1.29, 1.82) is 0 Å². The molecule has 5 nitrogen and oxygen atoms in total. The summed E-state index contributed by atoms with van der Waals surface area (Å²) < 4.78 is 0. The molecule has 0 bridgehead atoms. The lowest BCUT2D eigenvalue weighted by molar-refractivity contribution is -0.138. The number of carboxylic acid groups (broad SMARTS) is 1. The lowest BCUT2D eigenvalue weighted by atomic mass is 9.87. The predicted molar refractivity (Wildman–Crippen MR) is 54.4 cm³/mol. The molecule has 0 spiro atoms. The van der Waals surface area contributed by atoms with E-state index in [2.05, 4.69) is 0 Å². The van der Waals surface area contributed by atoms with Crippen molar-refractivity contribution in [3.8, 4) is 0 Å². The van der Waals surface area contributed by atoms with Crippen LogP contribution in [0.3, 0.4) is 0 Å². The first-order valence-corrected chi connectivity index (χ1v) is 4.71. The van der Waals surface area contributed by atoms with E-state index in [-0.39, 0.29) is 23.9 Å². The Morgan fingerprint density at radius 1 is 1.67 bits per heavy atom. The Balaban J connectivity index is 2.77. The summed E-state index contributed by atoms with van der Waals surface area (Å²) in [6, 6.07) is -0.966. The van der Waals surface area contributed by atoms with Crippen LogP contribution in [0.15, 0.2) is 23.2 Å². The molecule has 0 saturated heterocycles. The van der Waals surface area contributed by atoms with Gasteiger partial charge in [0.25, 0.3) is 0 Å². The molecule has 0 aromatic rings. The fourth-order valence-corrected chi connectivity index (χ4v) is 1.53. The van der Waals surface area contributed by atoms with Crippen molar-refractivity contribution in [3.05, 3.63) is 23.2 Å². The van der Waals surface area contributed by atoms with E-state index < -0.39 is 12.0 Å². The first kappa shape index (κ1) is 11.6.